The molecule has 1 fully saturated rings. The van der Waals surface area contributed by atoms with Gasteiger partial charge >= 0.3 is 12.1 Å². The minimum atomic E-state index is -4.61. The normalized spacial score (nSPS) is 21.0. The lowest BCUT2D eigenvalue weighted by atomic mass is 9.97. The Kier molecular flexibility index (Phi) is 5.81. The van der Waals surface area contributed by atoms with E-state index in [1.807, 2.05) is 55.5 Å². The number of allylic oxidation sites excluding steroid dienone is 2. The third kappa shape index (κ3) is 4.50. The second-order valence-corrected chi connectivity index (χ2v) is 8.31. The van der Waals surface area contributed by atoms with Crippen LogP contribution in [-0.2, 0) is 16.1 Å². The van der Waals surface area contributed by atoms with Crippen LogP contribution < -0.4 is 0 Å². The number of halogens is 4. The van der Waals surface area contributed by atoms with Gasteiger partial charge in [-0.2, -0.15) is 13.2 Å². The van der Waals surface area contributed by atoms with E-state index in [-0.39, 0.29) is 6.61 Å². The Morgan fingerprint density at radius 3 is 2.41 bits per heavy atom. The molecule has 0 heterocycles. The lowest BCUT2D eigenvalue weighted by molar-refractivity contribution is -0.147. The summed E-state index contributed by atoms with van der Waals surface area (Å²) in [5.41, 5.74) is 3.34. The molecule has 0 radical (unpaired) electrons. The number of ether oxygens (including phenoxy) is 1. The predicted molar refractivity (Wildman–Crippen MR) is 107 cm³/mol. The quantitative estimate of drug-likeness (QED) is 0.503. The van der Waals surface area contributed by atoms with Gasteiger partial charge in [-0.3, -0.25) is 4.79 Å². The standard InChI is InChI=1S/C23H22ClF3O2/c1-14-16(10-7-11-17(14)15-8-5-4-6-9-15)13-29-21(28)20-18(22(20,2)3)12-19(24)23(25,26)27/h4-12,18,20H,13H2,1-3H3/t18-,20+/m0/s1. The number of benzene rings is 2. The smallest absolute Gasteiger partial charge is 0.426 e. The first-order valence-electron chi connectivity index (χ1n) is 9.28. The summed E-state index contributed by atoms with van der Waals surface area (Å²) in [5.74, 6) is -1.75. The molecule has 29 heavy (non-hydrogen) atoms. The van der Waals surface area contributed by atoms with E-state index in [9.17, 15) is 18.0 Å². The van der Waals surface area contributed by atoms with Gasteiger partial charge in [-0.15, -0.1) is 0 Å². The van der Waals surface area contributed by atoms with Crippen molar-refractivity contribution < 1.29 is 22.7 Å². The van der Waals surface area contributed by atoms with E-state index in [0.717, 1.165) is 28.3 Å². The van der Waals surface area contributed by atoms with Crippen LogP contribution in [-0.4, -0.2) is 12.1 Å². The molecule has 0 aromatic heterocycles. The number of carbonyl (C=O) groups excluding carboxylic acids is 1. The molecule has 0 unspecified atom stereocenters. The largest absolute Gasteiger partial charge is 0.461 e. The molecule has 2 nitrogen and oxygen atoms in total. The van der Waals surface area contributed by atoms with Crippen LogP contribution in [0.3, 0.4) is 0 Å². The van der Waals surface area contributed by atoms with E-state index in [4.69, 9.17) is 16.3 Å². The van der Waals surface area contributed by atoms with Gasteiger partial charge in [0.05, 0.1) is 5.92 Å². The van der Waals surface area contributed by atoms with E-state index in [2.05, 4.69) is 0 Å². The SMILES string of the molecule is Cc1c(COC(=O)[C@H]2[C@H](C=C(Cl)C(F)(F)F)C2(C)C)cccc1-c1ccccc1. The van der Waals surface area contributed by atoms with Gasteiger partial charge in [-0.1, -0.05) is 80.1 Å². The number of carbonyl (C=O) groups is 1. The lowest BCUT2D eigenvalue weighted by Gasteiger charge is -2.12. The zero-order valence-corrected chi connectivity index (χ0v) is 17.1. The molecule has 2 atom stereocenters. The first kappa shape index (κ1) is 21.4. The van der Waals surface area contributed by atoms with Crippen molar-refractivity contribution in [1.82, 2.24) is 0 Å². The maximum Gasteiger partial charge on any atom is 0.426 e. The molecule has 2 aromatic rings. The van der Waals surface area contributed by atoms with Crippen LogP contribution in [0, 0.1) is 24.2 Å². The maximum absolute atomic E-state index is 12.7. The Bertz CT molecular complexity index is 933. The topological polar surface area (TPSA) is 26.3 Å². The number of alkyl halides is 3. The third-order valence-electron chi connectivity index (χ3n) is 5.66. The minimum Gasteiger partial charge on any atom is -0.461 e. The Labute approximate surface area is 173 Å². The second kappa shape index (κ2) is 7.86. The van der Waals surface area contributed by atoms with Crippen LogP contribution in [0.4, 0.5) is 13.2 Å². The van der Waals surface area contributed by atoms with Crippen molar-refractivity contribution in [3.8, 4) is 11.1 Å². The molecule has 0 aliphatic heterocycles. The summed E-state index contributed by atoms with van der Waals surface area (Å²) >= 11 is 5.34. The number of rotatable bonds is 5. The van der Waals surface area contributed by atoms with Crippen LogP contribution in [0.25, 0.3) is 11.1 Å². The molecule has 0 N–H and O–H groups in total. The summed E-state index contributed by atoms with van der Waals surface area (Å²) < 4.78 is 43.5. The van der Waals surface area contributed by atoms with Crippen molar-refractivity contribution in [3.05, 3.63) is 70.8 Å². The number of esters is 1. The first-order chi connectivity index (χ1) is 13.5. The summed E-state index contributed by atoms with van der Waals surface area (Å²) in [7, 11) is 0. The van der Waals surface area contributed by atoms with E-state index in [1.165, 1.54) is 0 Å². The zero-order chi connectivity index (χ0) is 21.4. The zero-order valence-electron chi connectivity index (χ0n) is 16.4. The molecule has 1 aliphatic rings. The van der Waals surface area contributed by atoms with Crippen molar-refractivity contribution in [2.75, 3.05) is 0 Å². The average Bonchev–Trinajstić information content (AvgIpc) is 3.20. The van der Waals surface area contributed by atoms with Crippen molar-refractivity contribution in [2.24, 2.45) is 17.3 Å². The maximum atomic E-state index is 12.7. The van der Waals surface area contributed by atoms with Gasteiger partial charge in [0.1, 0.15) is 11.6 Å². The van der Waals surface area contributed by atoms with Crippen LogP contribution in [0.1, 0.15) is 25.0 Å². The minimum absolute atomic E-state index is 0.0708. The first-order valence-corrected chi connectivity index (χ1v) is 9.66. The summed E-state index contributed by atoms with van der Waals surface area (Å²) in [5, 5.41) is -1.20. The Hall–Kier alpha value is -2.27. The highest BCUT2D eigenvalue weighted by Gasteiger charge is 2.62. The fourth-order valence-corrected chi connectivity index (χ4v) is 3.84. The monoisotopic (exact) mass is 422 g/mol. The van der Waals surface area contributed by atoms with Crippen molar-refractivity contribution in [2.45, 2.75) is 33.6 Å². The van der Waals surface area contributed by atoms with Gasteiger partial charge < -0.3 is 4.74 Å². The molecule has 1 saturated carbocycles. The van der Waals surface area contributed by atoms with E-state index >= 15 is 0 Å². The van der Waals surface area contributed by atoms with Crippen LogP contribution in [0.15, 0.2) is 59.6 Å². The molecule has 0 amide bonds. The van der Waals surface area contributed by atoms with Crippen molar-refractivity contribution >= 4 is 17.6 Å². The van der Waals surface area contributed by atoms with E-state index < -0.39 is 34.4 Å². The highest BCUT2D eigenvalue weighted by Crippen LogP contribution is 2.60. The number of hydrogen-bond donors (Lipinski definition) is 0. The molecule has 3 rings (SSSR count). The van der Waals surface area contributed by atoms with Gasteiger partial charge in [0, 0.05) is 0 Å². The van der Waals surface area contributed by atoms with Crippen LogP contribution in [0.5, 0.6) is 0 Å². The Morgan fingerprint density at radius 2 is 1.79 bits per heavy atom. The average molecular weight is 423 g/mol. The predicted octanol–water partition coefficient (Wildman–Crippen LogP) is 6.66. The van der Waals surface area contributed by atoms with Crippen LogP contribution >= 0.6 is 11.6 Å². The summed E-state index contributed by atoms with van der Waals surface area (Å²) in [6, 6.07) is 15.6. The fourth-order valence-electron chi connectivity index (χ4n) is 3.70. The molecular weight excluding hydrogens is 401 g/mol. The molecule has 1 aliphatic carbocycles. The van der Waals surface area contributed by atoms with E-state index in [0.29, 0.717) is 0 Å². The third-order valence-corrected chi connectivity index (χ3v) is 6.00. The highest BCUT2D eigenvalue weighted by molar-refractivity contribution is 6.30. The Morgan fingerprint density at radius 1 is 1.14 bits per heavy atom. The van der Waals surface area contributed by atoms with Crippen LogP contribution in [0.2, 0.25) is 0 Å². The number of hydrogen-bond acceptors (Lipinski definition) is 2. The van der Waals surface area contributed by atoms with Gasteiger partial charge in [0.25, 0.3) is 0 Å². The summed E-state index contributed by atoms with van der Waals surface area (Å²) in [6.45, 7) is 5.51. The summed E-state index contributed by atoms with van der Waals surface area (Å²) in [4.78, 5) is 12.5. The highest BCUT2D eigenvalue weighted by atomic mass is 35.5. The van der Waals surface area contributed by atoms with E-state index in [1.54, 1.807) is 13.8 Å². The molecule has 0 saturated heterocycles. The molecule has 6 heteroatoms. The molecule has 2 aromatic carbocycles. The van der Waals surface area contributed by atoms with Gasteiger partial charge in [-0.05, 0) is 40.5 Å². The Balaban J connectivity index is 1.70. The van der Waals surface area contributed by atoms with Gasteiger partial charge in [0.15, 0.2) is 0 Å². The molecule has 0 spiro atoms. The van der Waals surface area contributed by atoms with Gasteiger partial charge in [-0.25, -0.2) is 0 Å². The fraction of sp³-hybridized carbons (Fsp3) is 0.348. The van der Waals surface area contributed by atoms with Crippen molar-refractivity contribution in [1.29, 1.82) is 0 Å². The lowest BCUT2D eigenvalue weighted by Crippen LogP contribution is -2.11. The molecule has 154 valence electrons. The second-order valence-electron chi connectivity index (χ2n) is 7.90. The molecular formula is C23H22ClF3O2. The molecule has 0 bridgehead atoms. The van der Waals surface area contributed by atoms with Gasteiger partial charge in [0.2, 0.25) is 0 Å². The summed E-state index contributed by atoms with van der Waals surface area (Å²) in [6.07, 6.45) is -3.68. The van der Waals surface area contributed by atoms with Crippen molar-refractivity contribution in [3.63, 3.8) is 0 Å².